The predicted molar refractivity (Wildman–Crippen MR) is 171 cm³/mol. The number of nitriles is 1. The van der Waals surface area contributed by atoms with Crippen LogP contribution in [-0.2, 0) is 17.9 Å². The molecule has 3 aromatic heterocycles. The van der Waals surface area contributed by atoms with Gasteiger partial charge in [0.05, 0.1) is 36.4 Å². The zero-order valence-corrected chi connectivity index (χ0v) is 26.4. The predicted octanol–water partition coefficient (Wildman–Crippen LogP) is 6.96. The number of hydrogen-bond donors (Lipinski definition) is 1. The second-order valence-corrected chi connectivity index (χ2v) is 18.4. The van der Waals surface area contributed by atoms with E-state index in [1.165, 1.54) is 11.1 Å². The monoisotopic (exact) mass is 593 g/mol. The summed E-state index contributed by atoms with van der Waals surface area (Å²) in [6.45, 7) is 8.03. The number of benzene rings is 1. The van der Waals surface area contributed by atoms with Gasteiger partial charge in [0.1, 0.15) is 29.4 Å². The van der Waals surface area contributed by atoms with Crippen molar-refractivity contribution in [1.29, 1.82) is 5.26 Å². The van der Waals surface area contributed by atoms with Crippen LogP contribution < -0.4 is 4.74 Å². The minimum Gasteiger partial charge on any atom is -0.494 e. The van der Waals surface area contributed by atoms with E-state index in [4.69, 9.17) is 24.5 Å². The van der Waals surface area contributed by atoms with E-state index >= 15 is 0 Å². The van der Waals surface area contributed by atoms with E-state index in [0.29, 0.717) is 25.5 Å². The first-order valence-corrected chi connectivity index (χ1v) is 18.9. The van der Waals surface area contributed by atoms with Gasteiger partial charge in [-0.1, -0.05) is 43.9 Å². The average molecular weight is 594 g/mol. The molecule has 222 valence electrons. The first-order valence-electron chi connectivity index (χ1n) is 15.1. The normalized spacial score (nSPS) is 18.4. The Morgan fingerprint density at radius 1 is 1.12 bits per heavy atom. The van der Waals surface area contributed by atoms with Gasteiger partial charge in [-0.3, -0.25) is 4.98 Å². The highest BCUT2D eigenvalue weighted by Gasteiger charge is 2.27. The standard InChI is InChI=1S/C34H39N5O3Si/c1-41-31-18-30-34(37-33(31)28-7-5-6-26-23(19-35)10-14-27(26)28)32(38-39(30)21-42-16-17-43(2,3)4)24-11-15-29(36-20-24)22-8-12-25(40)13-9-22/h5-8,11,15,18,20,23,25,40H,9-10,12-14,16-17,21H2,1-4H3. The van der Waals surface area contributed by atoms with Crippen LogP contribution in [0.2, 0.25) is 25.7 Å². The van der Waals surface area contributed by atoms with Crippen LogP contribution in [0.15, 0.2) is 48.7 Å². The SMILES string of the molecule is COc1cc2c(nc1-c1cccc3c1CCC3C#N)c(-c1ccc(C3=CCC(O)CC3)nc1)nn2COCC[Si](C)(C)C. The molecule has 1 N–H and O–H groups in total. The van der Waals surface area contributed by atoms with Crippen LogP contribution in [-0.4, -0.2) is 52.7 Å². The number of ether oxygens (including phenoxy) is 2. The average Bonchev–Trinajstić information content (AvgIpc) is 3.59. The Balaban J connectivity index is 1.43. The molecule has 6 rings (SSSR count). The highest BCUT2D eigenvalue weighted by molar-refractivity contribution is 6.76. The number of aliphatic hydroxyl groups is 1. The maximum atomic E-state index is 9.89. The number of fused-ring (bicyclic) bond motifs is 2. The molecule has 2 atom stereocenters. The number of nitrogens with zero attached hydrogens (tertiary/aromatic N) is 5. The molecule has 0 saturated carbocycles. The van der Waals surface area contributed by atoms with E-state index in [2.05, 4.69) is 50.0 Å². The van der Waals surface area contributed by atoms with E-state index in [0.717, 1.165) is 76.5 Å². The fourth-order valence-electron chi connectivity index (χ4n) is 6.04. The van der Waals surface area contributed by atoms with Crippen molar-refractivity contribution in [2.24, 2.45) is 0 Å². The maximum absolute atomic E-state index is 9.89. The molecule has 0 aliphatic heterocycles. The molecule has 0 amide bonds. The Bertz CT molecular complexity index is 1720. The Labute approximate surface area is 254 Å². The van der Waals surface area contributed by atoms with Crippen molar-refractivity contribution in [3.05, 3.63) is 65.5 Å². The summed E-state index contributed by atoms with van der Waals surface area (Å²) in [5.74, 6) is 0.569. The summed E-state index contributed by atoms with van der Waals surface area (Å²) in [7, 11) is 0.438. The summed E-state index contributed by atoms with van der Waals surface area (Å²) < 4.78 is 13.9. The summed E-state index contributed by atoms with van der Waals surface area (Å²) in [4.78, 5) is 10.0. The van der Waals surface area contributed by atoms with Gasteiger partial charge in [-0.15, -0.1) is 0 Å². The lowest BCUT2D eigenvalue weighted by atomic mass is 9.94. The third kappa shape index (κ3) is 6.00. The van der Waals surface area contributed by atoms with Crippen LogP contribution in [0, 0.1) is 11.3 Å². The highest BCUT2D eigenvalue weighted by Crippen LogP contribution is 2.42. The fourth-order valence-corrected chi connectivity index (χ4v) is 6.79. The van der Waals surface area contributed by atoms with Crippen molar-refractivity contribution in [3.8, 4) is 34.3 Å². The maximum Gasteiger partial charge on any atom is 0.147 e. The Morgan fingerprint density at radius 2 is 1.98 bits per heavy atom. The van der Waals surface area contributed by atoms with Crippen LogP contribution in [0.25, 0.3) is 39.1 Å². The number of pyridine rings is 2. The molecule has 0 radical (unpaired) electrons. The van der Waals surface area contributed by atoms with Crippen molar-refractivity contribution >= 4 is 24.7 Å². The second-order valence-electron chi connectivity index (χ2n) is 12.8. The quantitative estimate of drug-likeness (QED) is 0.165. The molecule has 0 bridgehead atoms. The molecule has 0 spiro atoms. The highest BCUT2D eigenvalue weighted by atomic mass is 28.3. The second kappa shape index (κ2) is 12.0. The lowest BCUT2D eigenvalue weighted by Crippen LogP contribution is -2.22. The van der Waals surface area contributed by atoms with E-state index in [1.54, 1.807) is 7.11 Å². The van der Waals surface area contributed by atoms with Crippen LogP contribution >= 0.6 is 0 Å². The lowest BCUT2D eigenvalue weighted by molar-refractivity contribution is 0.0818. The third-order valence-corrected chi connectivity index (χ3v) is 10.3. The summed E-state index contributed by atoms with van der Waals surface area (Å²) in [5.41, 5.74) is 9.30. The number of aromatic nitrogens is 4. The molecule has 3 heterocycles. The molecule has 43 heavy (non-hydrogen) atoms. The van der Waals surface area contributed by atoms with Gasteiger partial charge >= 0.3 is 0 Å². The van der Waals surface area contributed by atoms with E-state index in [9.17, 15) is 10.4 Å². The van der Waals surface area contributed by atoms with Gasteiger partial charge in [0.25, 0.3) is 0 Å². The van der Waals surface area contributed by atoms with Crippen molar-refractivity contribution in [1.82, 2.24) is 19.7 Å². The summed E-state index contributed by atoms with van der Waals surface area (Å²) in [6.07, 6.45) is 7.59. The van der Waals surface area contributed by atoms with Gasteiger partial charge in [-0.2, -0.15) is 10.4 Å². The molecule has 2 aliphatic rings. The van der Waals surface area contributed by atoms with Gasteiger partial charge in [-0.05, 0) is 67.0 Å². The summed E-state index contributed by atoms with van der Waals surface area (Å²) in [6, 6.07) is 15.8. The number of hydrogen-bond acceptors (Lipinski definition) is 7. The smallest absolute Gasteiger partial charge is 0.147 e. The molecule has 2 unspecified atom stereocenters. The Hall–Kier alpha value is -3.84. The summed E-state index contributed by atoms with van der Waals surface area (Å²) in [5, 5.41) is 24.6. The first-order chi connectivity index (χ1) is 20.8. The van der Waals surface area contributed by atoms with Crippen LogP contribution in [0.5, 0.6) is 5.75 Å². The van der Waals surface area contributed by atoms with Gasteiger partial charge in [0.15, 0.2) is 0 Å². The molecule has 1 aromatic carbocycles. The van der Waals surface area contributed by atoms with Crippen molar-refractivity contribution in [2.45, 2.75) is 76.5 Å². The van der Waals surface area contributed by atoms with Gasteiger partial charge < -0.3 is 14.6 Å². The molecule has 2 aliphatic carbocycles. The topological polar surface area (TPSA) is 106 Å². The number of rotatable bonds is 9. The third-order valence-electron chi connectivity index (χ3n) is 8.55. The number of methoxy groups -OCH3 is 1. The van der Waals surface area contributed by atoms with Gasteiger partial charge in [0.2, 0.25) is 0 Å². The minimum atomic E-state index is -1.23. The van der Waals surface area contributed by atoms with Crippen molar-refractivity contribution in [2.75, 3.05) is 13.7 Å². The minimum absolute atomic E-state index is 0.0940. The zero-order chi connectivity index (χ0) is 30.1. The Morgan fingerprint density at radius 3 is 2.67 bits per heavy atom. The number of aliphatic hydroxyl groups excluding tert-OH is 1. The lowest BCUT2D eigenvalue weighted by Gasteiger charge is -2.17. The molecule has 4 aromatic rings. The van der Waals surface area contributed by atoms with Crippen LogP contribution in [0.4, 0.5) is 0 Å². The number of allylic oxidation sites excluding steroid dienone is 1. The molecule has 0 fully saturated rings. The molecule has 8 nitrogen and oxygen atoms in total. The van der Waals surface area contributed by atoms with Crippen molar-refractivity contribution < 1.29 is 14.6 Å². The van der Waals surface area contributed by atoms with E-state index in [-0.39, 0.29) is 12.0 Å². The molecular formula is C34H39N5O3Si. The summed E-state index contributed by atoms with van der Waals surface area (Å²) >= 11 is 0. The van der Waals surface area contributed by atoms with E-state index < -0.39 is 8.07 Å². The van der Waals surface area contributed by atoms with E-state index in [1.807, 2.05) is 29.1 Å². The zero-order valence-electron chi connectivity index (χ0n) is 25.4. The van der Waals surface area contributed by atoms with Crippen LogP contribution in [0.3, 0.4) is 0 Å². The molecular weight excluding hydrogens is 554 g/mol. The molecule has 9 heteroatoms. The fraction of sp³-hybridized carbons (Fsp3) is 0.412. The van der Waals surface area contributed by atoms with Gasteiger partial charge in [-0.25, -0.2) is 9.67 Å². The first kappa shape index (κ1) is 29.2. The largest absolute Gasteiger partial charge is 0.494 e. The van der Waals surface area contributed by atoms with Crippen LogP contribution in [0.1, 0.15) is 48.4 Å². The Kier molecular flexibility index (Phi) is 8.18. The van der Waals surface area contributed by atoms with Gasteiger partial charge in [0, 0.05) is 38.1 Å². The molecule has 0 saturated heterocycles. The van der Waals surface area contributed by atoms with Crippen molar-refractivity contribution in [3.63, 3.8) is 0 Å².